The van der Waals surface area contributed by atoms with Crippen LogP contribution in [-0.2, 0) is 4.79 Å². The summed E-state index contributed by atoms with van der Waals surface area (Å²) in [5.41, 5.74) is 0.808. The molecule has 0 aromatic carbocycles. The Kier molecular flexibility index (Phi) is 2.46. The fraction of sp³-hybridized carbons (Fsp3) is 0.800. The van der Waals surface area contributed by atoms with Gasteiger partial charge in [0.25, 0.3) is 5.91 Å². The molecule has 0 N–H and O–H groups in total. The molecule has 0 saturated carbocycles. The first-order valence-electron chi connectivity index (χ1n) is 4.79. The molecule has 0 aromatic heterocycles. The SMILES string of the molecule is CCC1=NN(C(C)(C)C)C(=O)C1C. The van der Waals surface area contributed by atoms with E-state index in [1.54, 1.807) is 5.01 Å². The number of rotatable bonds is 1. The molecule has 1 amide bonds. The Bertz CT molecular complexity index is 250. The molecule has 0 aromatic rings. The van der Waals surface area contributed by atoms with Crippen LogP contribution in [-0.4, -0.2) is 22.2 Å². The molecule has 0 bridgehead atoms. The van der Waals surface area contributed by atoms with E-state index in [1.165, 1.54) is 0 Å². The summed E-state index contributed by atoms with van der Waals surface area (Å²) < 4.78 is 0. The van der Waals surface area contributed by atoms with Gasteiger partial charge in [-0.2, -0.15) is 5.10 Å². The Hall–Kier alpha value is -0.860. The van der Waals surface area contributed by atoms with Crippen LogP contribution in [0.3, 0.4) is 0 Å². The fourth-order valence-electron chi connectivity index (χ4n) is 1.45. The van der Waals surface area contributed by atoms with Crippen LogP contribution in [0.15, 0.2) is 5.10 Å². The highest BCUT2D eigenvalue weighted by Crippen LogP contribution is 2.24. The van der Waals surface area contributed by atoms with Crippen LogP contribution in [0.2, 0.25) is 0 Å². The smallest absolute Gasteiger partial charge is 0.251 e. The van der Waals surface area contributed by atoms with Crippen molar-refractivity contribution in [2.75, 3.05) is 0 Å². The van der Waals surface area contributed by atoms with Crippen molar-refractivity contribution in [3.8, 4) is 0 Å². The van der Waals surface area contributed by atoms with E-state index in [1.807, 2.05) is 34.6 Å². The van der Waals surface area contributed by atoms with Crippen molar-refractivity contribution >= 4 is 11.6 Å². The van der Waals surface area contributed by atoms with Gasteiger partial charge in [-0.05, 0) is 34.1 Å². The van der Waals surface area contributed by atoms with E-state index in [4.69, 9.17) is 0 Å². The lowest BCUT2D eigenvalue weighted by atomic mass is 10.0. The van der Waals surface area contributed by atoms with E-state index in [2.05, 4.69) is 5.10 Å². The van der Waals surface area contributed by atoms with Crippen molar-refractivity contribution < 1.29 is 4.79 Å². The Labute approximate surface area is 79.8 Å². The van der Waals surface area contributed by atoms with Gasteiger partial charge in [0.2, 0.25) is 0 Å². The summed E-state index contributed by atoms with van der Waals surface area (Å²) in [5, 5.41) is 5.95. The molecule has 0 aliphatic carbocycles. The zero-order chi connectivity index (χ0) is 10.2. The van der Waals surface area contributed by atoms with Gasteiger partial charge in [-0.1, -0.05) is 6.92 Å². The average Bonchev–Trinajstić information content (AvgIpc) is 2.28. The Morgan fingerprint density at radius 2 is 2.00 bits per heavy atom. The molecule has 13 heavy (non-hydrogen) atoms. The van der Waals surface area contributed by atoms with Crippen molar-refractivity contribution in [3.05, 3.63) is 0 Å². The molecule has 1 heterocycles. The Morgan fingerprint density at radius 3 is 2.23 bits per heavy atom. The molecule has 1 aliphatic rings. The summed E-state index contributed by atoms with van der Waals surface area (Å²) >= 11 is 0. The minimum absolute atomic E-state index is 0.0239. The van der Waals surface area contributed by atoms with Crippen molar-refractivity contribution in [2.45, 2.75) is 46.6 Å². The highest BCUT2D eigenvalue weighted by molar-refractivity contribution is 6.07. The molecule has 1 atom stereocenters. The van der Waals surface area contributed by atoms with E-state index in [0.29, 0.717) is 0 Å². The van der Waals surface area contributed by atoms with Gasteiger partial charge >= 0.3 is 0 Å². The second kappa shape index (κ2) is 3.13. The first-order chi connectivity index (χ1) is 5.88. The van der Waals surface area contributed by atoms with Crippen molar-refractivity contribution in [2.24, 2.45) is 11.0 Å². The third-order valence-electron chi connectivity index (χ3n) is 2.31. The third kappa shape index (κ3) is 1.74. The van der Waals surface area contributed by atoms with Crippen molar-refractivity contribution in [3.63, 3.8) is 0 Å². The zero-order valence-corrected chi connectivity index (χ0v) is 9.09. The van der Waals surface area contributed by atoms with Crippen LogP contribution in [0.25, 0.3) is 0 Å². The van der Waals surface area contributed by atoms with Crippen molar-refractivity contribution in [1.29, 1.82) is 0 Å². The number of nitrogens with zero attached hydrogens (tertiary/aromatic N) is 2. The normalized spacial score (nSPS) is 23.8. The quantitative estimate of drug-likeness (QED) is 0.610. The number of carbonyl (C=O) groups excluding carboxylic acids is 1. The minimum Gasteiger partial charge on any atom is -0.272 e. The lowest BCUT2D eigenvalue weighted by Gasteiger charge is -2.28. The molecule has 1 rings (SSSR count). The topological polar surface area (TPSA) is 32.7 Å². The first-order valence-corrected chi connectivity index (χ1v) is 4.79. The van der Waals surface area contributed by atoms with E-state index in [9.17, 15) is 4.79 Å². The van der Waals surface area contributed by atoms with Gasteiger partial charge in [0.15, 0.2) is 0 Å². The van der Waals surface area contributed by atoms with Crippen LogP contribution in [0, 0.1) is 5.92 Å². The molecule has 1 aliphatic heterocycles. The number of hydrazone groups is 1. The number of carbonyl (C=O) groups is 1. The summed E-state index contributed by atoms with van der Waals surface area (Å²) in [4.78, 5) is 11.7. The van der Waals surface area contributed by atoms with Crippen LogP contribution in [0.1, 0.15) is 41.0 Å². The standard InChI is InChI=1S/C10H18N2O/c1-6-8-7(2)9(13)12(11-8)10(3,4)5/h7H,6H2,1-5H3. The largest absolute Gasteiger partial charge is 0.272 e. The fourth-order valence-corrected chi connectivity index (χ4v) is 1.45. The maximum Gasteiger partial charge on any atom is 0.251 e. The minimum atomic E-state index is -0.192. The summed E-state index contributed by atoms with van der Waals surface area (Å²) in [5.74, 6) is 0.105. The number of hydrogen-bond acceptors (Lipinski definition) is 2. The third-order valence-corrected chi connectivity index (χ3v) is 2.31. The van der Waals surface area contributed by atoms with Crippen LogP contribution >= 0.6 is 0 Å². The molecule has 3 heteroatoms. The predicted octanol–water partition coefficient (Wildman–Crippen LogP) is 2.03. The number of amides is 1. The second-order valence-electron chi connectivity index (χ2n) is 4.49. The highest BCUT2D eigenvalue weighted by Gasteiger charge is 2.37. The van der Waals surface area contributed by atoms with Gasteiger partial charge in [-0.25, -0.2) is 5.01 Å². The van der Waals surface area contributed by atoms with E-state index in [0.717, 1.165) is 12.1 Å². The van der Waals surface area contributed by atoms with Gasteiger partial charge in [-0.3, -0.25) is 4.79 Å². The highest BCUT2D eigenvalue weighted by atomic mass is 16.2. The van der Waals surface area contributed by atoms with Gasteiger partial charge in [-0.15, -0.1) is 0 Å². The first kappa shape index (κ1) is 10.2. The van der Waals surface area contributed by atoms with Gasteiger partial charge < -0.3 is 0 Å². The average molecular weight is 182 g/mol. The molecular formula is C10H18N2O. The molecule has 0 spiro atoms. The zero-order valence-electron chi connectivity index (χ0n) is 9.09. The molecule has 0 fully saturated rings. The van der Waals surface area contributed by atoms with Crippen LogP contribution in [0.4, 0.5) is 0 Å². The second-order valence-corrected chi connectivity index (χ2v) is 4.49. The molecule has 3 nitrogen and oxygen atoms in total. The van der Waals surface area contributed by atoms with Gasteiger partial charge in [0.05, 0.1) is 17.2 Å². The van der Waals surface area contributed by atoms with Crippen molar-refractivity contribution in [1.82, 2.24) is 5.01 Å². The molecule has 0 saturated heterocycles. The predicted molar refractivity (Wildman–Crippen MR) is 53.5 cm³/mol. The summed E-state index contributed by atoms with van der Waals surface area (Å²) in [6.07, 6.45) is 0.861. The molecule has 0 radical (unpaired) electrons. The molecule has 74 valence electrons. The van der Waals surface area contributed by atoms with E-state index >= 15 is 0 Å². The maximum atomic E-state index is 11.7. The van der Waals surface area contributed by atoms with Crippen LogP contribution < -0.4 is 0 Å². The van der Waals surface area contributed by atoms with E-state index < -0.39 is 0 Å². The maximum absolute atomic E-state index is 11.7. The lowest BCUT2D eigenvalue weighted by Crippen LogP contribution is -2.40. The van der Waals surface area contributed by atoms with Gasteiger partial charge in [0, 0.05) is 0 Å². The van der Waals surface area contributed by atoms with E-state index in [-0.39, 0.29) is 17.4 Å². The summed E-state index contributed by atoms with van der Waals surface area (Å²) in [7, 11) is 0. The van der Waals surface area contributed by atoms with Crippen LogP contribution in [0.5, 0.6) is 0 Å². The molecule has 1 unspecified atom stereocenters. The monoisotopic (exact) mass is 182 g/mol. The van der Waals surface area contributed by atoms with Gasteiger partial charge in [0.1, 0.15) is 0 Å². The Morgan fingerprint density at radius 1 is 1.46 bits per heavy atom. The summed E-state index contributed by atoms with van der Waals surface area (Å²) in [6.45, 7) is 9.96. The molecular weight excluding hydrogens is 164 g/mol. The number of hydrogen-bond donors (Lipinski definition) is 0. The Balaban J connectivity index is 2.92. The summed E-state index contributed by atoms with van der Waals surface area (Å²) in [6, 6.07) is 0. The lowest BCUT2D eigenvalue weighted by molar-refractivity contribution is -0.135.